The topological polar surface area (TPSA) is 85.2 Å². The minimum Gasteiger partial charge on any atom is -0.419 e. The molecule has 0 amide bonds. The molecule has 2 aromatic rings. The van der Waals surface area contributed by atoms with Gasteiger partial charge in [-0.05, 0) is 24.6 Å². The van der Waals surface area contributed by atoms with Crippen LogP contribution in [0.25, 0.3) is 10.9 Å². The predicted octanol–water partition coefficient (Wildman–Crippen LogP) is 1.66. The first-order chi connectivity index (χ1) is 8.06. The molecule has 17 heavy (non-hydrogen) atoms. The number of hydrogen-bond donors (Lipinski definition) is 1. The number of esters is 1. The average Bonchev–Trinajstić information content (AvgIpc) is 2.59. The molecule has 0 spiro atoms. The van der Waals surface area contributed by atoms with Crippen molar-refractivity contribution in [2.75, 3.05) is 6.54 Å². The van der Waals surface area contributed by atoms with E-state index in [9.17, 15) is 14.9 Å². The number of nitrogens with zero attached hydrogens (tertiary/aromatic N) is 1. The number of aromatic amines is 1. The molecule has 1 N–H and O–H groups in total. The summed E-state index contributed by atoms with van der Waals surface area (Å²) in [6, 6.07) is 5.58. The molecular weight excluding hydrogens is 224 g/mol. The van der Waals surface area contributed by atoms with Gasteiger partial charge in [0.1, 0.15) is 0 Å². The highest BCUT2D eigenvalue weighted by Crippen LogP contribution is 2.26. The second-order valence-corrected chi connectivity index (χ2v) is 3.67. The van der Waals surface area contributed by atoms with Gasteiger partial charge in [-0.1, -0.05) is 6.07 Å². The number of fused-ring (bicyclic) bond motifs is 1. The Balaban J connectivity index is 2.25. The maximum Gasteiger partial charge on any atom is 0.383 e. The number of aromatic nitrogens is 1. The zero-order chi connectivity index (χ0) is 12.4. The molecule has 0 bridgehead atoms. The highest BCUT2D eigenvalue weighted by atomic mass is 16.6. The van der Waals surface area contributed by atoms with E-state index < -0.39 is 17.4 Å². The van der Waals surface area contributed by atoms with E-state index in [1.807, 2.05) is 19.1 Å². The van der Waals surface area contributed by atoms with Crippen molar-refractivity contribution in [1.29, 1.82) is 0 Å². The molecule has 1 aromatic carbocycles. The highest BCUT2D eigenvalue weighted by molar-refractivity contribution is 5.89. The normalized spacial score (nSPS) is 10.4. The fourth-order valence-electron chi connectivity index (χ4n) is 1.56. The zero-order valence-electron chi connectivity index (χ0n) is 9.10. The molecule has 0 aliphatic rings. The molecule has 88 valence electrons. The first-order valence-electron chi connectivity index (χ1n) is 4.96. The van der Waals surface area contributed by atoms with Crippen molar-refractivity contribution < 1.29 is 14.5 Å². The Kier molecular flexibility index (Phi) is 2.78. The molecule has 0 atom stereocenters. The van der Waals surface area contributed by atoms with Crippen LogP contribution >= 0.6 is 0 Å². The summed E-state index contributed by atoms with van der Waals surface area (Å²) in [6.07, 6.45) is 1.52. The van der Waals surface area contributed by atoms with Gasteiger partial charge in [0, 0.05) is 22.0 Å². The van der Waals surface area contributed by atoms with Crippen LogP contribution in [0.4, 0.5) is 0 Å². The lowest BCUT2D eigenvalue weighted by Gasteiger charge is -1.99. The van der Waals surface area contributed by atoms with Gasteiger partial charge >= 0.3 is 5.97 Å². The number of H-pyrrole nitrogens is 1. The Morgan fingerprint density at radius 2 is 2.29 bits per heavy atom. The van der Waals surface area contributed by atoms with E-state index in [4.69, 9.17) is 4.74 Å². The fourth-order valence-corrected chi connectivity index (χ4v) is 1.56. The number of benzene rings is 1. The van der Waals surface area contributed by atoms with Crippen LogP contribution in [0.5, 0.6) is 5.75 Å². The lowest BCUT2D eigenvalue weighted by molar-refractivity contribution is -0.469. The van der Waals surface area contributed by atoms with Gasteiger partial charge in [0.2, 0.25) is 0 Å². The summed E-state index contributed by atoms with van der Waals surface area (Å²) in [5.41, 5.74) is 1.90. The van der Waals surface area contributed by atoms with Crippen LogP contribution in [0.2, 0.25) is 0 Å². The predicted molar refractivity (Wildman–Crippen MR) is 60.5 cm³/mol. The Morgan fingerprint density at radius 3 is 3.00 bits per heavy atom. The summed E-state index contributed by atoms with van der Waals surface area (Å²) in [4.78, 5) is 23.5. The second-order valence-electron chi connectivity index (χ2n) is 3.67. The third-order valence-electron chi connectivity index (χ3n) is 2.28. The van der Waals surface area contributed by atoms with Gasteiger partial charge in [-0.3, -0.25) is 10.1 Å². The standard InChI is InChI=1S/C11H10N2O4/c1-7-2-3-8-9(4-7)12-5-10(8)17-11(14)6-13(15)16/h2-5,12H,6H2,1H3. The van der Waals surface area contributed by atoms with E-state index in [2.05, 4.69) is 4.98 Å². The van der Waals surface area contributed by atoms with Crippen molar-refractivity contribution in [3.05, 3.63) is 40.1 Å². The lowest BCUT2D eigenvalue weighted by Crippen LogP contribution is -2.19. The summed E-state index contributed by atoms with van der Waals surface area (Å²) < 4.78 is 4.91. The number of nitrogens with one attached hydrogen (secondary N) is 1. The lowest BCUT2D eigenvalue weighted by atomic mass is 10.2. The zero-order valence-corrected chi connectivity index (χ0v) is 9.10. The number of hydrogen-bond acceptors (Lipinski definition) is 4. The van der Waals surface area contributed by atoms with Crippen LogP contribution in [0.1, 0.15) is 5.56 Å². The maximum absolute atomic E-state index is 11.2. The van der Waals surface area contributed by atoms with Gasteiger partial charge in [0.05, 0.1) is 0 Å². The van der Waals surface area contributed by atoms with E-state index in [0.29, 0.717) is 5.75 Å². The van der Waals surface area contributed by atoms with E-state index in [1.165, 1.54) is 6.20 Å². The van der Waals surface area contributed by atoms with Gasteiger partial charge in [-0.2, -0.15) is 0 Å². The molecule has 0 saturated heterocycles. The molecule has 1 heterocycles. The van der Waals surface area contributed by atoms with Gasteiger partial charge in [0.25, 0.3) is 6.54 Å². The first-order valence-corrected chi connectivity index (χ1v) is 4.96. The summed E-state index contributed by atoms with van der Waals surface area (Å²) in [7, 11) is 0. The smallest absolute Gasteiger partial charge is 0.383 e. The van der Waals surface area contributed by atoms with Crippen molar-refractivity contribution in [2.45, 2.75) is 6.92 Å². The van der Waals surface area contributed by atoms with Crippen molar-refractivity contribution >= 4 is 16.9 Å². The molecule has 0 fully saturated rings. The van der Waals surface area contributed by atoms with Crippen LogP contribution in [-0.4, -0.2) is 22.4 Å². The van der Waals surface area contributed by atoms with Crippen molar-refractivity contribution in [1.82, 2.24) is 4.98 Å². The molecule has 1 aromatic heterocycles. The molecule has 0 unspecified atom stereocenters. The molecular formula is C11H10N2O4. The number of nitro groups is 1. The van der Waals surface area contributed by atoms with E-state index in [1.54, 1.807) is 6.07 Å². The van der Waals surface area contributed by atoms with Crippen LogP contribution in [0, 0.1) is 17.0 Å². The quantitative estimate of drug-likeness (QED) is 0.497. The second kappa shape index (κ2) is 4.25. The Labute approximate surface area is 96.3 Å². The molecule has 0 radical (unpaired) electrons. The van der Waals surface area contributed by atoms with Gasteiger partial charge in [-0.25, -0.2) is 4.79 Å². The molecule has 0 aliphatic carbocycles. The van der Waals surface area contributed by atoms with Gasteiger partial charge in [-0.15, -0.1) is 0 Å². The molecule has 6 nitrogen and oxygen atoms in total. The Hall–Kier alpha value is -2.37. The van der Waals surface area contributed by atoms with Gasteiger partial charge in [0.15, 0.2) is 5.75 Å². The average molecular weight is 234 g/mol. The van der Waals surface area contributed by atoms with Crippen LogP contribution in [-0.2, 0) is 4.79 Å². The molecule has 0 saturated carbocycles. The summed E-state index contributed by atoms with van der Waals surface area (Å²) in [5.74, 6) is -0.566. The Bertz CT molecular complexity index is 588. The van der Waals surface area contributed by atoms with Crippen molar-refractivity contribution in [3.8, 4) is 5.75 Å². The number of aryl methyl sites for hydroxylation is 1. The number of carbonyl (C=O) groups excluding carboxylic acids is 1. The van der Waals surface area contributed by atoms with Crippen molar-refractivity contribution in [3.63, 3.8) is 0 Å². The van der Waals surface area contributed by atoms with E-state index in [0.717, 1.165) is 16.5 Å². The highest BCUT2D eigenvalue weighted by Gasteiger charge is 2.14. The number of ether oxygens (including phenoxy) is 1. The SMILES string of the molecule is Cc1ccc2c(OC(=O)C[N+](=O)[O-])c[nH]c2c1. The fraction of sp³-hybridized carbons (Fsp3) is 0.182. The van der Waals surface area contributed by atoms with E-state index in [-0.39, 0.29) is 0 Å². The molecule has 2 rings (SSSR count). The molecule has 6 heteroatoms. The molecule has 0 aliphatic heterocycles. The minimum atomic E-state index is -0.878. The van der Waals surface area contributed by atoms with Crippen LogP contribution in [0.15, 0.2) is 24.4 Å². The maximum atomic E-state index is 11.2. The largest absolute Gasteiger partial charge is 0.419 e. The number of carbonyl (C=O) groups is 1. The third kappa shape index (κ3) is 2.41. The minimum absolute atomic E-state index is 0.312. The van der Waals surface area contributed by atoms with Crippen LogP contribution < -0.4 is 4.74 Å². The van der Waals surface area contributed by atoms with Crippen LogP contribution in [0.3, 0.4) is 0 Å². The monoisotopic (exact) mass is 234 g/mol. The summed E-state index contributed by atoms with van der Waals surface area (Å²) in [6.45, 7) is 1.11. The van der Waals surface area contributed by atoms with Gasteiger partial charge < -0.3 is 9.72 Å². The van der Waals surface area contributed by atoms with Crippen molar-refractivity contribution in [2.24, 2.45) is 0 Å². The van der Waals surface area contributed by atoms with E-state index >= 15 is 0 Å². The summed E-state index contributed by atoms with van der Waals surface area (Å²) >= 11 is 0. The third-order valence-corrected chi connectivity index (χ3v) is 2.28. The summed E-state index contributed by atoms with van der Waals surface area (Å²) in [5, 5.41) is 10.9. The Morgan fingerprint density at radius 1 is 1.53 bits per heavy atom. The number of rotatable bonds is 3. The first kappa shape index (κ1) is 11.1.